The largest absolute Gasteiger partial charge is 1.00 e. The number of hydrogen-bond acceptors (Lipinski definition) is 2. The summed E-state index contributed by atoms with van der Waals surface area (Å²) < 4.78 is 4.28. The van der Waals surface area contributed by atoms with Crippen molar-refractivity contribution < 1.29 is 39.1 Å². The Morgan fingerprint density at radius 2 is 2.14 bits per heavy atom. The Morgan fingerprint density at radius 3 is 2.14 bits per heavy atom. The minimum absolute atomic E-state index is 0. The third kappa shape index (κ3) is 10.7. The molecule has 0 aromatic heterocycles. The molecular formula is C4H7NaO2. The van der Waals surface area contributed by atoms with Crippen molar-refractivity contribution in [3.8, 4) is 0 Å². The molecule has 0 aromatic rings. The summed E-state index contributed by atoms with van der Waals surface area (Å²) in [4.78, 5) is 9.79. The Balaban J connectivity index is 0. The van der Waals surface area contributed by atoms with Gasteiger partial charge in [-0.2, -0.15) is 13.5 Å². The average molecular weight is 110 g/mol. The predicted molar refractivity (Wildman–Crippen MR) is 21.7 cm³/mol. The molecule has 36 valence electrons. The molecule has 0 aliphatic heterocycles. The molecule has 0 fully saturated rings. The second kappa shape index (κ2) is 6.47. The zero-order chi connectivity index (χ0) is 4.99. The zero-order valence-corrected chi connectivity index (χ0v) is 6.89. The van der Waals surface area contributed by atoms with Crippen LogP contribution in [0.4, 0.5) is 0 Å². The molecule has 3 heteroatoms. The second-order valence-corrected chi connectivity index (χ2v) is 0.845. The first-order valence-corrected chi connectivity index (χ1v) is 1.72. The minimum Gasteiger partial charge on any atom is -0.637 e. The third-order valence-corrected chi connectivity index (χ3v) is 0.284. The van der Waals surface area contributed by atoms with Crippen LogP contribution in [0.15, 0.2) is 0 Å². The summed E-state index contributed by atoms with van der Waals surface area (Å²) in [6.45, 7) is 4.36. The van der Waals surface area contributed by atoms with Crippen molar-refractivity contribution in [1.82, 2.24) is 0 Å². The zero-order valence-electron chi connectivity index (χ0n) is 4.89. The molecular weight excluding hydrogens is 103 g/mol. The molecule has 0 N–H and O–H groups in total. The van der Waals surface area contributed by atoms with E-state index in [4.69, 9.17) is 0 Å². The second-order valence-electron chi connectivity index (χ2n) is 0.845. The molecule has 0 atom stereocenters. The van der Waals surface area contributed by atoms with Crippen molar-refractivity contribution in [3.63, 3.8) is 0 Å². The van der Waals surface area contributed by atoms with Crippen LogP contribution < -0.4 is 29.6 Å². The summed E-state index contributed by atoms with van der Waals surface area (Å²) in [6.07, 6.45) is 0. The fourth-order valence-corrected chi connectivity index (χ4v) is 0.166. The van der Waals surface area contributed by atoms with Gasteiger partial charge in [0.2, 0.25) is 0 Å². The van der Waals surface area contributed by atoms with Gasteiger partial charge in [0.25, 0.3) is 5.97 Å². The first-order valence-electron chi connectivity index (χ1n) is 1.72. The van der Waals surface area contributed by atoms with Gasteiger partial charge in [-0.25, -0.2) is 0 Å². The Kier molecular flexibility index (Phi) is 9.66. The molecule has 0 unspecified atom stereocenters. The summed E-state index contributed by atoms with van der Waals surface area (Å²) in [5.74, 6) is -0.266. The van der Waals surface area contributed by atoms with Gasteiger partial charge in [-0.3, -0.25) is 4.79 Å². The summed E-state index contributed by atoms with van der Waals surface area (Å²) in [6, 6.07) is 0. The Hall–Kier alpha value is 0.470. The van der Waals surface area contributed by atoms with Crippen molar-refractivity contribution in [3.05, 3.63) is 6.61 Å². The molecule has 0 aliphatic carbocycles. The summed E-state index contributed by atoms with van der Waals surface area (Å²) in [5, 5.41) is 0. The number of carbonyl (C=O) groups is 1. The van der Waals surface area contributed by atoms with Crippen molar-refractivity contribution in [2.75, 3.05) is 0 Å². The quantitative estimate of drug-likeness (QED) is 0.216. The topological polar surface area (TPSA) is 26.3 Å². The van der Waals surface area contributed by atoms with Crippen LogP contribution >= 0.6 is 0 Å². The number of carbonyl (C=O) groups excluding carboxylic acids is 1. The molecule has 0 amide bonds. The fraction of sp³-hybridized carbons (Fsp3) is 0.500. The van der Waals surface area contributed by atoms with Crippen LogP contribution in [-0.4, -0.2) is 5.97 Å². The van der Waals surface area contributed by atoms with Gasteiger partial charge < -0.3 is 4.74 Å². The summed E-state index contributed by atoms with van der Waals surface area (Å²) in [7, 11) is 0. The van der Waals surface area contributed by atoms with E-state index in [1.54, 1.807) is 6.92 Å². The number of ether oxygens (including phenoxy) is 1. The monoisotopic (exact) mass is 110 g/mol. The van der Waals surface area contributed by atoms with Crippen LogP contribution in [0.2, 0.25) is 0 Å². The fourth-order valence-electron chi connectivity index (χ4n) is 0.166. The van der Waals surface area contributed by atoms with E-state index in [0.29, 0.717) is 0 Å². The molecule has 0 bridgehead atoms. The minimum atomic E-state index is -0.266. The molecule has 0 aromatic carbocycles. The molecule has 0 radical (unpaired) electrons. The molecule has 0 saturated heterocycles. The maximum atomic E-state index is 9.79. The van der Waals surface area contributed by atoms with Gasteiger partial charge in [-0.1, -0.05) is 0 Å². The average Bonchev–Trinajstić information content (AvgIpc) is 1.35. The van der Waals surface area contributed by atoms with Crippen molar-refractivity contribution in [1.29, 1.82) is 0 Å². The molecule has 7 heavy (non-hydrogen) atoms. The van der Waals surface area contributed by atoms with E-state index in [0.717, 1.165) is 0 Å². The number of esters is 1. The molecule has 2 nitrogen and oxygen atoms in total. The van der Waals surface area contributed by atoms with Crippen LogP contribution in [0.25, 0.3) is 0 Å². The van der Waals surface area contributed by atoms with E-state index in [1.165, 1.54) is 13.5 Å². The van der Waals surface area contributed by atoms with Gasteiger partial charge in [0.05, 0.1) is 0 Å². The van der Waals surface area contributed by atoms with Crippen molar-refractivity contribution >= 4 is 5.97 Å². The summed E-state index contributed by atoms with van der Waals surface area (Å²) >= 11 is 0. The van der Waals surface area contributed by atoms with E-state index in [-0.39, 0.29) is 35.5 Å². The van der Waals surface area contributed by atoms with Gasteiger partial charge in [0.15, 0.2) is 0 Å². The van der Waals surface area contributed by atoms with Gasteiger partial charge in [0, 0.05) is 6.92 Å². The maximum absolute atomic E-state index is 9.79. The van der Waals surface area contributed by atoms with Gasteiger partial charge in [0.1, 0.15) is 0 Å². The predicted octanol–water partition coefficient (Wildman–Crippen LogP) is -2.26. The number of hydrogen-bond donors (Lipinski definition) is 0. The molecule has 0 heterocycles. The smallest absolute Gasteiger partial charge is 0.637 e. The van der Waals surface area contributed by atoms with Crippen LogP contribution in [0.3, 0.4) is 0 Å². The Labute approximate surface area is 65.5 Å². The van der Waals surface area contributed by atoms with E-state index in [9.17, 15) is 4.79 Å². The molecule has 0 saturated carbocycles. The molecule has 0 spiro atoms. The van der Waals surface area contributed by atoms with Crippen molar-refractivity contribution in [2.45, 2.75) is 13.8 Å². The van der Waals surface area contributed by atoms with E-state index < -0.39 is 0 Å². The van der Waals surface area contributed by atoms with Crippen LogP contribution in [0.5, 0.6) is 0 Å². The van der Waals surface area contributed by atoms with Crippen LogP contribution in [0.1, 0.15) is 13.8 Å². The van der Waals surface area contributed by atoms with Gasteiger partial charge >= 0.3 is 29.6 Å². The van der Waals surface area contributed by atoms with E-state index >= 15 is 0 Å². The maximum Gasteiger partial charge on any atom is 1.00 e. The third-order valence-electron chi connectivity index (χ3n) is 0.284. The van der Waals surface area contributed by atoms with E-state index in [1.807, 2.05) is 0 Å². The molecule has 0 rings (SSSR count). The molecule has 0 aliphatic rings. The first kappa shape index (κ1) is 10.5. The van der Waals surface area contributed by atoms with Gasteiger partial charge in [-0.15, -0.1) is 0 Å². The normalized spacial score (nSPS) is 6.57. The van der Waals surface area contributed by atoms with E-state index in [2.05, 4.69) is 4.74 Å². The van der Waals surface area contributed by atoms with Crippen molar-refractivity contribution in [2.24, 2.45) is 0 Å². The SMILES string of the molecule is C[CH-]OC(C)=O.[Na+]. The standard InChI is InChI=1S/C4H7O2.Na/c1-3-6-4(2)5;/h3H,1-2H3;/q-1;+1. The Morgan fingerprint density at radius 1 is 1.71 bits per heavy atom. The Bertz CT molecular complexity index is 53.7. The summed E-state index contributed by atoms with van der Waals surface area (Å²) in [5.41, 5.74) is 0. The first-order chi connectivity index (χ1) is 2.77. The number of rotatable bonds is 1. The van der Waals surface area contributed by atoms with Gasteiger partial charge in [-0.05, 0) is 0 Å². The van der Waals surface area contributed by atoms with Crippen LogP contribution in [0, 0.1) is 6.61 Å². The van der Waals surface area contributed by atoms with Crippen LogP contribution in [-0.2, 0) is 9.53 Å².